The lowest BCUT2D eigenvalue weighted by atomic mass is 9.97. The van der Waals surface area contributed by atoms with Gasteiger partial charge in [-0.25, -0.2) is 0 Å². The normalized spacial score (nSPS) is 11.6. The highest BCUT2D eigenvalue weighted by Gasteiger charge is 2.16. The monoisotopic (exact) mass is 653 g/mol. The Morgan fingerprint density at radius 1 is 0.320 bits per heavy atom. The Bertz CT molecular complexity index is 2730. The zero-order valence-corrected chi connectivity index (χ0v) is 28.1. The van der Waals surface area contributed by atoms with Gasteiger partial charge >= 0.3 is 0 Å². The van der Waals surface area contributed by atoms with Crippen molar-refractivity contribution < 1.29 is 0 Å². The van der Waals surface area contributed by atoms with Crippen molar-refractivity contribution in [3.8, 4) is 22.3 Å². The largest absolute Gasteiger partial charge is 0.310 e. The van der Waals surface area contributed by atoms with Crippen molar-refractivity contribution in [3.05, 3.63) is 188 Å². The van der Waals surface area contributed by atoms with Crippen LogP contribution in [0.25, 0.3) is 74.7 Å². The van der Waals surface area contributed by atoms with E-state index >= 15 is 0 Å². The van der Waals surface area contributed by atoms with Gasteiger partial charge < -0.3 is 4.90 Å². The van der Waals surface area contributed by atoms with Crippen molar-refractivity contribution in [1.29, 1.82) is 0 Å². The molecule has 0 saturated carbocycles. The Hall–Kier alpha value is -6.22. The molecule has 1 nitrogen and oxygen atoms in total. The second kappa shape index (κ2) is 11.7. The van der Waals surface area contributed by atoms with Crippen LogP contribution in [0, 0.1) is 0 Å². The van der Waals surface area contributed by atoms with Crippen LogP contribution in [0.3, 0.4) is 0 Å². The summed E-state index contributed by atoms with van der Waals surface area (Å²) >= 11 is 1.88. The lowest BCUT2D eigenvalue weighted by molar-refractivity contribution is 1.29. The first-order valence-electron chi connectivity index (χ1n) is 17.1. The molecule has 0 saturated heterocycles. The van der Waals surface area contributed by atoms with Gasteiger partial charge in [0.2, 0.25) is 0 Å². The van der Waals surface area contributed by atoms with Gasteiger partial charge in [-0.05, 0) is 97.0 Å². The van der Waals surface area contributed by atoms with Gasteiger partial charge in [0.25, 0.3) is 0 Å². The second-order valence-electron chi connectivity index (χ2n) is 12.9. The molecule has 50 heavy (non-hydrogen) atoms. The molecule has 0 bridgehead atoms. The van der Waals surface area contributed by atoms with Crippen molar-refractivity contribution in [2.75, 3.05) is 4.90 Å². The summed E-state index contributed by atoms with van der Waals surface area (Å²) in [4.78, 5) is 2.38. The molecule has 0 atom stereocenters. The highest BCUT2D eigenvalue weighted by molar-refractivity contribution is 7.26. The number of fused-ring (bicyclic) bond motifs is 7. The van der Waals surface area contributed by atoms with Gasteiger partial charge in [0.15, 0.2) is 0 Å². The predicted octanol–water partition coefficient (Wildman–Crippen LogP) is 14.3. The molecule has 0 aliphatic heterocycles. The van der Waals surface area contributed by atoms with Gasteiger partial charge in [0, 0.05) is 37.2 Å². The Kier molecular flexibility index (Phi) is 6.75. The Balaban J connectivity index is 1.11. The van der Waals surface area contributed by atoms with Gasteiger partial charge in [0.1, 0.15) is 0 Å². The maximum atomic E-state index is 2.38. The Morgan fingerprint density at radius 3 is 1.44 bits per heavy atom. The smallest absolute Gasteiger partial charge is 0.0468 e. The van der Waals surface area contributed by atoms with Crippen molar-refractivity contribution in [2.45, 2.75) is 0 Å². The topological polar surface area (TPSA) is 3.24 Å². The van der Waals surface area contributed by atoms with E-state index in [1.54, 1.807) is 0 Å². The number of hydrogen-bond acceptors (Lipinski definition) is 2. The fourth-order valence-corrected chi connectivity index (χ4v) is 8.86. The van der Waals surface area contributed by atoms with E-state index in [1.165, 1.54) is 74.7 Å². The standard InChI is InChI=1S/C48H31NS/c1-3-13-40-32(9-1)11-7-16-42(40)34-19-24-37(25-20-34)49(38-26-21-35(22-27-38)43-17-8-12-33-10-2-4-14-41(33)43)39-28-30-44-36(31-39)23-29-46-45-15-5-6-18-47(45)50-48(44)46/h1-31H. The minimum Gasteiger partial charge on any atom is -0.310 e. The third-order valence-electron chi connectivity index (χ3n) is 10.1. The van der Waals surface area contributed by atoms with Crippen LogP contribution in [-0.4, -0.2) is 0 Å². The molecular formula is C48H31NS. The minimum absolute atomic E-state index is 1.12. The maximum Gasteiger partial charge on any atom is 0.0468 e. The summed E-state index contributed by atoms with van der Waals surface area (Å²) in [7, 11) is 0. The van der Waals surface area contributed by atoms with Crippen molar-refractivity contribution >= 4 is 80.9 Å². The average Bonchev–Trinajstić information content (AvgIpc) is 3.57. The molecular weight excluding hydrogens is 623 g/mol. The third-order valence-corrected chi connectivity index (χ3v) is 11.3. The molecule has 1 heterocycles. The van der Waals surface area contributed by atoms with Crippen molar-refractivity contribution in [2.24, 2.45) is 0 Å². The molecule has 2 heteroatoms. The van der Waals surface area contributed by atoms with E-state index in [0.29, 0.717) is 0 Å². The van der Waals surface area contributed by atoms with E-state index in [1.807, 2.05) is 11.3 Å². The molecule has 0 fully saturated rings. The van der Waals surface area contributed by atoms with E-state index in [-0.39, 0.29) is 0 Å². The summed E-state index contributed by atoms with van der Waals surface area (Å²) < 4.78 is 2.68. The first-order chi connectivity index (χ1) is 24.8. The van der Waals surface area contributed by atoms with E-state index in [2.05, 4.69) is 193 Å². The van der Waals surface area contributed by atoms with Crippen LogP contribution in [0.2, 0.25) is 0 Å². The first-order valence-corrected chi connectivity index (χ1v) is 17.9. The Morgan fingerprint density at radius 2 is 0.820 bits per heavy atom. The number of hydrogen-bond donors (Lipinski definition) is 0. The molecule has 0 N–H and O–H groups in total. The fraction of sp³-hybridized carbons (Fsp3) is 0. The van der Waals surface area contributed by atoms with E-state index in [9.17, 15) is 0 Å². The zero-order chi connectivity index (χ0) is 33.0. The third kappa shape index (κ3) is 4.76. The molecule has 0 aliphatic carbocycles. The van der Waals surface area contributed by atoms with Gasteiger partial charge in [0.05, 0.1) is 0 Å². The molecule has 0 spiro atoms. The number of thiophene rings is 1. The SMILES string of the molecule is c1ccc2c(-c3ccc(N(c4ccc(-c5cccc6ccccc56)cc4)c4ccc5c(ccc6c7ccccc7sc56)c4)cc3)cccc2c1. The molecule has 0 unspecified atom stereocenters. The van der Waals surface area contributed by atoms with Gasteiger partial charge in [-0.15, -0.1) is 11.3 Å². The predicted molar refractivity (Wildman–Crippen MR) is 217 cm³/mol. The molecule has 1 aromatic heterocycles. The fourth-order valence-electron chi connectivity index (χ4n) is 7.62. The lowest BCUT2D eigenvalue weighted by Gasteiger charge is -2.26. The lowest BCUT2D eigenvalue weighted by Crippen LogP contribution is -2.09. The van der Waals surface area contributed by atoms with Crippen LogP contribution >= 0.6 is 11.3 Å². The summed E-state index contributed by atoms with van der Waals surface area (Å²) in [6.45, 7) is 0. The van der Waals surface area contributed by atoms with Gasteiger partial charge in [-0.2, -0.15) is 0 Å². The van der Waals surface area contributed by atoms with Crippen LogP contribution in [-0.2, 0) is 0 Å². The average molecular weight is 654 g/mol. The van der Waals surface area contributed by atoms with Crippen LogP contribution in [0.5, 0.6) is 0 Å². The Labute approximate surface area is 294 Å². The molecule has 10 rings (SSSR count). The zero-order valence-electron chi connectivity index (χ0n) is 27.3. The van der Waals surface area contributed by atoms with Gasteiger partial charge in [-0.3, -0.25) is 0 Å². The number of rotatable bonds is 5. The summed E-state index contributed by atoms with van der Waals surface area (Å²) in [5.41, 5.74) is 8.29. The van der Waals surface area contributed by atoms with Crippen LogP contribution in [0.4, 0.5) is 17.1 Å². The summed E-state index contributed by atoms with van der Waals surface area (Å²) in [5.74, 6) is 0. The number of anilines is 3. The first kappa shape index (κ1) is 28.8. The molecule has 0 radical (unpaired) electrons. The quantitative estimate of drug-likeness (QED) is 0.179. The summed E-state index contributed by atoms with van der Waals surface area (Å²) in [5, 5.41) is 10.2. The van der Waals surface area contributed by atoms with E-state index in [0.717, 1.165) is 17.1 Å². The van der Waals surface area contributed by atoms with Crippen LogP contribution in [0.15, 0.2) is 188 Å². The van der Waals surface area contributed by atoms with Crippen LogP contribution in [0.1, 0.15) is 0 Å². The maximum absolute atomic E-state index is 2.38. The highest BCUT2D eigenvalue weighted by Crippen LogP contribution is 2.42. The van der Waals surface area contributed by atoms with Gasteiger partial charge in [-0.1, -0.05) is 146 Å². The second-order valence-corrected chi connectivity index (χ2v) is 14.0. The molecule has 10 aromatic rings. The van der Waals surface area contributed by atoms with E-state index < -0.39 is 0 Å². The summed E-state index contributed by atoms with van der Waals surface area (Å²) in [6, 6.07) is 68.7. The van der Waals surface area contributed by atoms with Crippen LogP contribution < -0.4 is 4.90 Å². The van der Waals surface area contributed by atoms with Crippen molar-refractivity contribution in [1.82, 2.24) is 0 Å². The number of benzene rings is 9. The number of nitrogens with zero attached hydrogens (tertiary/aromatic N) is 1. The van der Waals surface area contributed by atoms with E-state index in [4.69, 9.17) is 0 Å². The molecule has 9 aromatic carbocycles. The molecule has 0 aliphatic rings. The molecule has 234 valence electrons. The highest BCUT2D eigenvalue weighted by atomic mass is 32.1. The van der Waals surface area contributed by atoms with Crippen molar-refractivity contribution in [3.63, 3.8) is 0 Å². The molecule has 0 amide bonds. The minimum atomic E-state index is 1.12. The summed E-state index contributed by atoms with van der Waals surface area (Å²) in [6.07, 6.45) is 0.